The lowest BCUT2D eigenvalue weighted by atomic mass is 10.3. The van der Waals surface area contributed by atoms with Crippen molar-refractivity contribution in [3.63, 3.8) is 0 Å². The fourth-order valence-corrected chi connectivity index (χ4v) is 1.49. The van der Waals surface area contributed by atoms with Gasteiger partial charge in [-0.3, -0.25) is 0 Å². The zero-order valence-electron chi connectivity index (χ0n) is 11.5. The van der Waals surface area contributed by atoms with Crippen molar-refractivity contribution in [3.05, 3.63) is 17.3 Å². The zero-order valence-corrected chi connectivity index (χ0v) is 11.5. The van der Waals surface area contributed by atoms with Gasteiger partial charge in [-0.15, -0.1) is 0 Å². The van der Waals surface area contributed by atoms with Crippen LogP contribution < -0.4 is 5.32 Å². The van der Waals surface area contributed by atoms with Crippen molar-refractivity contribution >= 4 is 0 Å². The van der Waals surface area contributed by atoms with Crippen molar-refractivity contribution < 1.29 is 14.3 Å². The van der Waals surface area contributed by atoms with Crippen molar-refractivity contribution in [3.8, 4) is 0 Å². The lowest BCUT2D eigenvalue weighted by molar-refractivity contribution is 0.0355. The number of oxazole rings is 1. The standard InChI is InChI=1S/C13H24N2O3/c1-4-5-6-17-9-12(16)7-14-8-13-15-10(2)11(3)18-13/h12,14,16H,4-9H2,1-3H3. The molecule has 5 heteroatoms. The molecule has 0 aliphatic rings. The summed E-state index contributed by atoms with van der Waals surface area (Å²) in [7, 11) is 0. The molecule has 0 spiro atoms. The lowest BCUT2D eigenvalue weighted by Gasteiger charge is -2.11. The summed E-state index contributed by atoms with van der Waals surface area (Å²) >= 11 is 0. The van der Waals surface area contributed by atoms with Crippen LogP contribution in [0, 0.1) is 13.8 Å². The summed E-state index contributed by atoms with van der Waals surface area (Å²) in [5.41, 5.74) is 0.912. The number of ether oxygens (including phenoxy) is 1. The third kappa shape index (κ3) is 5.62. The number of hydrogen-bond acceptors (Lipinski definition) is 5. The number of hydrogen-bond donors (Lipinski definition) is 2. The van der Waals surface area contributed by atoms with E-state index in [4.69, 9.17) is 9.15 Å². The van der Waals surface area contributed by atoms with E-state index in [2.05, 4.69) is 17.2 Å². The summed E-state index contributed by atoms with van der Waals surface area (Å²) in [6.07, 6.45) is 1.66. The molecule has 5 nitrogen and oxygen atoms in total. The first-order valence-electron chi connectivity index (χ1n) is 6.53. The minimum absolute atomic E-state index is 0.372. The van der Waals surface area contributed by atoms with Crippen molar-refractivity contribution in [1.29, 1.82) is 0 Å². The predicted octanol–water partition coefficient (Wildman–Crippen LogP) is 1.56. The van der Waals surface area contributed by atoms with Crippen LogP contribution in [0.15, 0.2) is 4.42 Å². The summed E-state index contributed by atoms with van der Waals surface area (Å²) in [6.45, 7) is 8.01. The lowest BCUT2D eigenvalue weighted by Crippen LogP contribution is -2.30. The Morgan fingerprint density at radius 2 is 2.22 bits per heavy atom. The van der Waals surface area contributed by atoms with Crippen LogP contribution in [0.4, 0.5) is 0 Å². The first-order valence-corrected chi connectivity index (χ1v) is 6.53. The molecule has 0 aliphatic carbocycles. The van der Waals surface area contributed by atoms with E-state index in [0.717, 1.165) is 24.3 Å². The van der Waals surface area contributed by atoms with Crippen molar-refractivity contribution in [2.24, 2.45) is 0 Å². The second-order valence-corrected chi connectivity index (χ2v) is 4.46. The Kier molecular flexibility index (Phi) is 6.93. The summed E-state index contributed by atoms with van der Waals surface area (Å²) in [5, 5.41) is 12.7. The third-order valence-electron chi connectivity index (χ3n) is 2.68. The van der Waals surface area contributed by atoms with Crippen LogP contribution in [0.1, 0.15) is 37.1 Å². The summed E-state index contributed by atoms with van der Waals surface area (Å²) in [6, 6.07) is 0. The zero-order chi connectivity index (χ0) is 13.4. The van der Waals surface area contributed by atoms with Gasteiger partial charge in [0.1, 0.15) is 5.76 Å². The Bertz CT molecular complexity index is 319. The summed E-state index contributed by atoms with van der Waals surface area (Å²) in [4.78, 5) is 4.25. The van der Waals surface area contributed by atoms with Gasteiger partial charge in [0.15, 0.2) is 0 Å². The van der Waals surface area contributed by atoms with Crippen LogP contribution in [0.25, 0.3) is 0 Å². The maximum atomic E-state index is 9.65. The quantitative estimate of drug-likeness (QED) is 0.656. The van der Waals surface area contributed by atoms with Gasteiger partial charge < -0.3 is 19.6 Å². The van der Waals surface area contributed by atoms with Gasteiger partial charge in [-0.05, 0) is 20.3 Å². The highest BCUT2D eigenvalue weighted by Crippen LogP contribution is 2.07. The highest BCUT2D eigenvalue weighted by molar-refractivity contribution is 5.05. The van der Waals surface area contributed by atoms with Crippen molar-refractivity contribution in [2.75, 3.05) is 19.8 Å². The molecule has 0 amide bonds. The van der Waals surface area contributed by atoms with Gasteiger partial charge >= 0.3 is 0 Å². The molecule has 0 fully saturated rings. The number of aryl methyl sites for hydroxylation is 2. The fraction of sp³-hybridized carbons (Fsp3) is 0.769. The minimum Gasteiger partial charge on any atom is -0.444 e. The summed E-state index contributed by atoms with van der Waals surface area (Å²) in [5.74, 6) is 1.50. The molecule has 0 aromatic carbocycles. The predicted molar refractivity (Wildman–Crippen MR) is 69.4 cm³/mol. The van der Waals surface area contributed by atoms with E-state index in [-0.39, 0.29) is 0 Å². The highest BCUT2D eigenvalue weighted by atomic mass is 16.5. The number of rotatable bonds is 9. The van der Waals surface area contributed by atoms with Gasteiger partial charge in [-0.2, -0.15) is 0 Å². The van der Waals surface area contributed by atoms with E-state index in [0.29, 0.717) is 32.2 Å². The van der Waals surface area contributed by atoms with Gasteiger partial charge in [0.25, 0.3) is 0 Å². The molecule has 1 aromatic rings. The molecule has 18 heavy (non-hydrogen) atoms. The number of nitrogens with one attached hydrogen (secondary N) is 1. The third-order valence-corrected chi connectivity index (χ3v) is 2.68. The molecule has 0 bridgehead atoms. The average Bonchev–Trinajstić information content (AvgIpc) is 2.64. The van der Waals surface area contributed by atoms with Crippen LogP contribution >= 0.6 is 0 Å². The molecule has 1 rings (SSSR count). The van der Waals surface area contributed by atoms with E-state index in [1.165, 1.54) is 0 Å². The molecular formula is C13H24N2O3. The topological polar surface area (TPSA) is 67.5 Å². The Balaban J connectivity index is 2.09. The molecule has 1 unspecified atom stereocenters. The number of unbranched alkanes of at least 4 members (excludes halogenated alkanes) is 1. The van der Waals surface area contributed by atoms with E-state index < -0.39 is 6.10 Å². The summed E-state index contributed by atoms with van der Waals surface area (Å²) < 4.78 is 10.8. The molecule has 2 N–H and O–H groups in total. The number of nitrogens with zero attached hydrogens (tertiary/aromatic N) is 1. The molecule has 104 valence electrons. The molecule has 1 aromatic heterocycles. The number of aromatic nitrogens is 1. The molecule has 1 atom stereocenters. The van der Waals surface area contributed by atoms with E-state index in [9.17, 15) is 5.11 Å². The van der Waals surface area contributed by atoms with Crippen molar-refractivity contribution in [1.82, 2.24) is 10.3 Å². The Morgan fingerprint density at radius 3 is 2.83 bits per heavy atom. The average molecular weight is 256 g/mol. The van der Waals surface area contributed by atoms with Crippen LogP contribution in [0.2, 0.25) is 0 Å². The first kappa shape index (κ1) is 15.1. The fourth-order valence-electron chi connectivity index (χ4n) is 1.49. The van der Waals surface area contributed by atoms with Gasteiger partial charge in [0.2, 0.25) is 5.89 Å². The smallest absolute Gasteiger partial charge is 0.208 e. The van der Waals surface area contributed by atoms with Gasteiger partial charge in [-0.1, -0.05) is 13.3 Å². The van der Waals surface area contributed by atoms with Crippen LogP contribution in [-0.4, -0.2) is 36.0 Å². The van der Waals surface area contributed by atoms with Gasteiger partial charge in [-0.25, -0.2) is 4.98 Å². The van der Waals surface area contributed by atoms with E-state index in [1.807, 2.05) is 13.8 Å². The highest BCUT2D eigenvalue weighted by Gasteiger charge is 2.07. The largest absolute Gasteiger partial charge is 0.444 e. The van der Waals surface area contributed by atoms with Crippen LogP contribution in [-0.2, 0) is 11.3 Å². The minimum atomic E-state index is -0.487. The van der Waals surface area contributed by atoms with Crippen LogP contribution in [0.5, 0.6) is 0 Å². The molecule has 0 saturated carbocycles. The van der Waals surface area contributed by atoms with Crippen LogP contribution in [0.3, 0.4) is 0 Å². The van der Waals surface area contributed by atoms with Gasteiger partial charge in [0, 0.05) is 13.2 Å². The molecular weight excluding hydrogens is 232 g/mol. The Labute approximate surface area is 109 Å². The van der Waals surface area contributed by atoms with Gasteiger partial charge in [0.05, 0.1) is 24.9 Å². The monoisotopic (exact) mass is 256 g/mol. The van der Waals surface area contributed by atoms with E-state index >= 15 is 0 Å². The molecule has 0 radical (unpaired) electrons. The Hall–Kier alpha value is -0.910. The van der Waals surface area contributed by atoms with E-state index in [1.54, 1.807) is 0 Å². The Morgan fingerprint density at radius 1 is 1.44 bits per heavy atom. The SMILES string of the molecule is CCCCOCC(O)CNCc1nc(C)c(C)o1. The second kappa shape index (κ2) is 8.24. The number of aliphatic hydroxyl groups is 1. The van der Waals surface area contributed by atoms with Crippen molar-refractivity contribution in [2.45, 2.75) is 46.3 Å². The maximum Gasteiger partial charge on any atom is 0.208 e. The second-order valence-electron chi connectivity index (χ2n) is 4.46. The molecule has 1 heterocycles. The maximum absolute atomic E-state index is 9.65. The molecule has 0 aliphatic heterocycles. The normalized spacial score (nSPS) is 12.9. The molecule has 0 saturated heterocycles. The number of aliphatic hydroxyl groups excluding tert-OH is 1. The first-order chi connectivity index (χ1) is 8.63.